The van der Waals surface area contributed by atoms with Gasteiger partial charge in [-0.2, -0.15) is 0 Å². The highest BCUT2D eigenvalue weighted by atomic mass is 16.5. The zero-order valence-electron chi connectivity index (χ0n) is 15.5. The summed E-state index contributed by atoms with van der Waals surface area (Å²) < 4.78 is 5.52. The summed E-state index contributed by atoms with van der Waals surface area (Å²) in [5.74, 6) is 0.121. The lowest BCUT2D eigenvalue weighted by atomic mass is 10.1. The first kappa shape index (κ1) is 18.6. The monoisotopic (exact) mass is 366 g/mol. The van der Waals surface area contributed by atoms with Crippen LogP contribution < -0.4 is 10.1 Å². The molecule has 140 valence electrons. The lowest BCUT2D eigenvalue weighted by Crippen LogP contribution is -2.28. The number of anilines is 1. The number of nitrogens with zero attached hydrogens (tertiary/aromatic N) is 1. The number of rotatable bonds is 6. The van der Waals surface area contributed by atoms with Gasteiger partial charge in [0, 0.05) is 18.5 Å². The molecular formula is C21H22N2O4. The van der Waals surface area contributed by atoms with Crippen LogP contribution in [-0.2, 0) is 20.9 Å². The molecule has 0 unspecified atom stereocenters. The average Bonchev–Trinajstić information content (AvgIpc) is 2.96. The molecular weight excluding hydrogens is 344 g/mol. The molecule has 0 aromatic heterocycles. The van der Waals surface area contributed by atoms with Gasteiger partial charge in [0.15, 0.2) is 6.61 Å². The van der Waals surface area contributed by atoms with Crippen LogP contribution in [0, 0.1) is 13.8 Å². The third kappa shape index (κ3) is 4.73. The van der Waals surface area contributed by atoms with Gasteiger partial charge < -0.3 is 10.1 Å². The van der Waals surface area contributed by atoms with Gasteiger partial charge in [-0.25, -0.2) is 0 Å². The molecule has 2 aromatic carbocycles. The molecule has 0 atom stereocenters. The Morgan fingerprint density at radius 1 is 1.00 bits per heavy atom. The molecule has 0 spiro atoms. The zero-order valence-corrected chi connectivity index (χ0v) is 15.5. The molecule has 2 aromatic rings. The highest BCUT2D eigenvalue weighted by Gasteiger charge is 2.28. The maximum atomic E-state index is 12.1. The van der Waals surface area contributed by atoms with E-state index < -0.39 is 0 Å². The molecule has 0 aliphatic carbocycles. The van der Waals surface area contributed by atoms with E-state index in [9.17, 15) is 14.4 Å². The molecule has 6 heteroatoms. The Labute approximate surface area is 158 Å². The van der Waals surface area contributed by atoms with Gasteiger partial charge in [0.1, 0.15) is 5.75 Å². The van der Waals surface area contributed by atoms with E-state index >= 15 is 0 Å². The molecule has 27 heavy (non-hydrogen) atoms. The van der Waals surface area contributed by atoms with Gasteiger partial charge in [0.05, 0.1) is 6.54 Å². The van der Waals surface area contributed by atoms with Gasteiger partial charge in [-0.3, -0.25) is 19.3 Å². The average molecular weight is 366 g/mol. The predicted molar refractivity (Wildman–Crippen MR) is 101 cm³/mol. The molecule has 1 aliphatic rings. The van der Waals surface area contributed by atoms with Crippen molar-refractivity contribution in [3.05, 3.63) is 59.2 Å². The van der Waals surface area contributed by atoms with Crippen LogP contribution in [0.5, 0.6) is 5.75 Å². The predicted octanol–water partition coefficient (Wildman–Crippen LogP) is 2.97. The second-order valence-corrected chi connectivity index (χ2v) is 6.65. The summed E-state index contributed by atoms with van der Waals surface area (Å²) in [5.41, 5.74) is 3.75. The number of likely N-dealkylation sites (tertiary alicyclic amines) is 1. The van der Waals surface area contributed by atoms with Crippen LogP contribution in [0.1, 0.15) is 29.5 Å². The fraction of sp³-hybridized carbons (Fsp3) is 0.286. The van der Waals surface area contributed by atoms with Crippen molar-refractivity contribution in [1.29, 1.82) is 0 Å². The van der Waals surface area contributed by atoms with E-state index in [0.717, 1.165) is 11.1 Å². The van der Waals surface area contributed by atoms with E-state index in [1.807, 2.05) is 32.0 Å². The van der Waals surface area contributed by atoms with Crippen LogP contribution in [0.2, 0.25) is 0 Å². The summed E-state index contributed by atoms with van der Waals surface area (Å²) in [4.78, 5) is 36.7. The van der Waals surface area contributed by atoms with Crippen molar-refractivity contribution in [2.75, 3.05) is 11.9 Å². The number of ether oxygens (including phenoxy) is 1. The second kappa shape index (κ2) is 8.03. The van der Waals surface area contributed by atoms with E-state index in [4.69, 9.17) is 4.74 Å². The fourth-order valence-electron chi connectivity index (χ4n) is 2.82. The number of nitrogens with one attached hydrogen (secondary N) is 1. The molecule has 3 rings (SSSR count). The topological polar surface area (TPSA) is 75.7 Å². The highest BCUT2D eigenvalue weighted by molar-refractivity contribution is 6.01. The maximum Gasteiger partial charge on any atom is 0.262 e. The van der Waals surface area contributed by atoms with E-state index in [0.29, 0.717) is 11.4 Å². The number of benzene rings is 2. The van der Waals surface area contributed by atoms with Crippen LogP contribution >= 0.6 is 0 Å². The van der Waals surface area contributed by atoms with Gasteiger partial charge in [0.2, 0.25) is 11.8 Å². The van der Waals surface area contributed by atoms with Crippen molar-refractivity contribution < 1.29 is 19.1 Å². The van der Waals surface area contributed by atoms with Gasteiger partial charge >= 0.3 is 0 Å². The SMILES string of the molecule is Cc1ccc(OCC(=O)Nc2ccc(CN3C(=O)CCC3=O)cc2)cc1C. The maximum absolute atomic E-state index is 12.1. The van der Waals surface area contributed by atoms with Crippen LogP contribution in [0.15, 0.2) is 42.5 Å². The molecule has 1 N–H and O–H groups in total. The quantitative estimate of drug-likeness (QED) is 0.798. The van der Waals surface area contributed by atoms with Gasteiger partial charge in [0.25, 0.3) is 5.91 Å². The molecule has 1 saturated heterocycles. The molecule has 0 radical (unpaired) electrons. The van der Waals surface area contributed by atoms with Crippen LogP contribution in [0.4, 0.5) is 5.69 Å². The second-order valence-electron chi connectivity index (χ2n) is 6.65. The lowest BCUT2D eigenvalue weighted by molar-refractivity contribution is -0.139. The van der Waals surface area contributed by atoms with E-state index in [2.05, 4.69) is 5.32 Å². The Balaban J connectivity index is 1.51. The van der Waals surface area contributed by atoms with Crippen molar-refractivity contribution in [2.24, 2.45) is 0 Å². The number of hydrogen-bond acceptors (Lipinski definition) is 4. The summed E-state index contributed by atoms with van der Waals surface area (Å²) in [7, 11) is 0. The molecule has 0 bridgehead atoms. The minimum atomic E-state index is -0.258. The van der Waals surface area contributed by atoms with Crippen molar-refractivity contribution >= 4 is 23.4 Å². The van der Waals surface area contributed by atoms with Gasteiger partial charge in [-0.1, -0.05) is 18.2 Å². The number of carbonyl (C=O) groups is 3. The van der Waals surface area contributed by atoms with E-state index in [1.54, 1.807) is 24.3 Å². The molecule has 6 nitrogen and oxygen atoms in total. The first-order chi connectivity index (χ1) is 12.9. The molecule has 1 aliphatic heterocycles. The summed E-state index contributed by atoms with van der Waals surface area (Å²) in [6.07, 6.45) is 0.570. The minimum Gasteiger partial charge on any atom is -0.484 e. The molecule has 1 heterocycles. The third-order valence-corrected chi connectivity index (χ3v) is 4.58. The first-order valence-electron chi connectivity index (χ1n) is 8.84. The standard InChI is InChI=1S/C21H22N2O4/c1-14-3-8-18(11-15(14)2)27-13-19(24)22-17-6-4-16(5-7-17)12-23-20(25)9-10-21(23)26/h3-8,11H,9-10,12-13H2,1-2H3,(H,22,24). The number of imide groups is 1. The van der Waals surface area contributed by atoms with Crippen molar-refractivity contribution in [1.82, 2.24) is 4.90 Å². The summed E-state index contributed by atoms with van der Waals surface area (Å²) in [6.45, 7) is 4.20. The normalized spacial score (nSPS) is 13.8. The number of aryl methyl sites for hydroxylation is 2. The van der Waals surface area contributed by atoms with Gasteiger partial charge in [-0.15, -0.1) is 0 Å². The Bertz CT molecular complexity index is 858. The Kier molecular flexibility index (Phi) is 5.54. The first-order valence-corrected chi connectivity index (χ1v) is 8.84. The van der Waals surface area contributed by atoms with Crippen molar-refractivity contribution in [3.63, 3.8) is 0 Å². The fourth-order valence-corrected chi connectivity index (χ4v) is 2.82. The molecule has 3 amide bonds. The Morgan fingerprint density at radius 2 is 1.67 bits per heavy atom. The zero-order chi connectivity index (χ0) is 19.4. The minimum absolute atomic E-state index is 0.0823. The van der Waals surface area contributed by atoms with Crippen LogP contribution in [-0.4, -0.2) is 29.2 Å². The Morgan fingerprint density at radius 3 is 2.30 bits per heavy atom. The smallest absolute Gasteiger partial charge is 0.262 e. The van der Waals surface area contributed by atoms with Crippen molar-refractivity contribution in [3.8, 4) is 5.75 Å². The number of carbonyl (C=O) groups excluding carboxylic acids is 3. The van der Waals surface area contributed by atoms with Crippen LogP contribution in [0.3, 0.4) is 0 Å². The summed E-state index contributed by atoms with van der Waals surface area (Å²) in [6, 6.07) is 12.8. The van der Waals surface area contributed by atoms with E-state index in [-0.39, 0.29) is 43.7 Å². The highest BCUT2D eigenvalue weighted by Crippen LogP contribution is 2.18. The number of hydrogen-bond donors (Lipinski definition) is 1. The Hall–Kier alpha value is -3.15. The van der Waals surface area contributed by atoms with Gasteiger partial charge in [-0.05, 0) is 54.8 Å². The summed E-state index contributed by atoms with van der Waals surface area (Å²) >= 11 is 0. The summed E-state index contributed by atoms with van der Waals surface area (Å²) in [5, 5.41) is 2.77. The lowest BCUT2D eigenvalue weighted by Gasteiger charge is -2.14. The largest absolute Gasteiger partial charge is 0.484 e. The van der Waals surface area contributed by atoms with Crippen molar-refractivity contribution in [2.45, 2.75) is 33.2 Å². The van der Waals surface area contributed by atoms with Crippen LogP contribution in [0.25, 0.3) is 0 Å². The third-order valence-electron chi connectivity index (χ3n) is 4.58. The number of amides is 3. The molecule has 1 fully saturated rings. The van der Waals surface area contributed by atoms with E-state index in [1.165, 1.54) is 10.5 Å². The molecule has 0 saturated carbocycles.